The molecule has 262 valence electrons. The van der Waals surface area contributed by atoms with Crippen LogP contribution in [-0.2, 0) is 35.6 Å². The number of benzene rings is 3. The van der Waals surface area contributed by atoms with E-state index in [0.717, 1.165) is 28.1 Å². The van der Waals surface area contributed by atoms with Crippen molar-refractivity contribution in [2.45, 2.75) is 75.7 Å². The van der Waals surface area contributed by atoms with E-state index in [1.807, 2.05) is 48.0 Å². The molecule has 3 atom stereocenters. The first-order chi connectivity index (χ1) is 23.1. The lowest BCUT2D eigenvalue weighted by atomic mass is 9.96. The molecule has 3 heterocycles. The average molecular weight is 699 g/mol. The van der Waals surface area contributed by atoms with Crippen molar-refractivity contribution in [1.29, 1.82) is 0 Å². The summed E-state index contributed by atoms with van der Waals surface area (Å²) in [7, 11) is -2.29. The third-order valence-electron chi connectivity index (χ3n) is 9.66. The number of amides is 1. The molecule has 2 aliphatic heterocycles. The van der Waals surface area contributed by atoms with E-state index >= 15 is 0 Å². The molecular weight excluding hydrogens is 657 g/mol. The first-order valence-corrected chi connectivity index (χ1v) is 17.8. The zero-order chi connectivity index (χ0) is 35.3. The molecule has 0 bridgehead atoms. The van der Waals surface area contributed by atoms with Gasteiger partial charge in [-0.15, -0.1) is 0 Å². The number of aliphatic hydroxyl groups excluding tert-OH is 1. The van der Waals surface area contributed by atoms with Crippen LogP contribution in [0.5, 0.6) is 5.75 Å². The summed E-state index contributed by atoms with van der Waals surface area (Å²) >= 11 is 0. The molecule has 0 fully saturated rings. The Morgan fingerprint density at radius 1 is 1.12 bits per heavy atom. The van der Waals surface area contributed by atoms with E-state index in [9.17, 15) is 31.5 Å². The van der Waals surface area contributed by atoms with Crippen molar-refractivity contribution in [2.75, 3.05) is 24.5 Å². The van der Waals surface area contributed by atoms with Crippen LogP contribution >= 0.6 is 0 Å². The lowest BCUT2D eigenvalue weighted by molar-refractivity contribution is -0.139. The molecule has 0 radical (unpaired) electrons. The Morgan fingerprint density at radius 2 is 1.86 bits per heavy atom. The van der Waals surface area contributed by atoms with Crippen LogP contribution in [0.4, 0.5) is 18.9 Å². The number of halogens is 3. The number of ether oxygens (including phenoxy) is 1. The number of rotatable bonds is 9. The number of aromatic nitrogens is 1. The van der Waals surface area contributed by atoms with Crippen molar-refractivity contribution in [3.8, 4) is 5.75 Å². The average Bonchev–Trinajstić information content (AvgIpc) is 3.39. The highest BCUT2D eigenvalue weighted by Crippen LogP contribution is 2.43. The molecule has 2 aliphatic rings. The number of nitrogens with zero attached hydrogens (tertiary/aromatic N) is 2. The van der Waals surface area contributed by atoms with Crippen LogP contribution < -0.4 is 19.7 Å². The minimum absolute atomic E-state index is 0.0265. The van der Waals surface area contributed by atoms with Gasteiger partial charge < -0.3 is 25.0 Å². The molecule has 3 aromatic carbocycles. The van der Waals surface area contributed by atoms with Gasteiger partial charge in [0.2, 0.25) is 10.0 Å². The van der Waals surface area contributed by atoms with Crippen molar-refractivity contribution < 1.29 is 36.2 Å². The summed E-state index contributed by atoms with van der Waals surface area (Å²) in [6, 6.07) is 15.3. The fourth-order valence-electron chi connectivity index (χ4n) is 6.93. The first kappa shape index (κ1) is 34.8. The van der Waals surface area contributed by atoms with Crippen molar-refractivity contribution in [2.24, 2.45) is 0 Å². The summed E-state index contributed by atoms with van der Waals surface area (Å²) in [6.07, 6.45) is -2.42. The van der Waals surface area contributed by atoms with Gasteiger partial charge in [-0.2, -0.15) is 13.2 Å². The van der Waals surface area contributed by atoms with Crippen molar-refractivity contribution in [3.63, 3.8) is 0 Å². The van der Waals surface area contributed by atoms with Crippen LogP contribution in [0.15, 0.2) is 66.9 Å². The van der Waals surface area contributed by atoms with Crippen molar-refractivity contribution in [1.82, 2.24) is 15.2 Å². The van der Waals surface area contributed by atoms with E-state index in [1.54, 1.807) is 32.0 Å². The van der Waals surface area contributed by atoms with E-state index in [-0.39, 0.29) is 37.4 Å². The summed E-state index contributed by atoms with van der Waals surface area (Å²) < 4.78 is 75.8. The minimum atomic E-state index is -4.58. The first-order valence-electron chi connectivity index (χ1n) is 16.4. The number of aliphatic hydroxyl groups is 1. The molecule has 6 rings (SSSR count). The van der Waals surface area contributed by atoms with Crippen LogP contribution in [0.3, 0.4) is 0 Å². The van der Waals surface area contributed by atoms with Crippen LogP contribution in [0.1, 0.15) is 65.8 Å². The molecule has 1 aromatic heterocycles. The number of carbonyl (C=O) groups is 1. The number of fused-ring (bicyclic) bond motifs is 1. The van der Waals surface area contributed by atoms with Gasteiger partial charge in [0.15, 0.2) is 0 Å². The van der Waals surface area contributed by atoms with Crippen molar-refractivity contribution >= 4 is 32.5 Å². The number of aryl methyl sites for hydroxylation is 1. The van der Waals surface area contributed by atoms with Gasteiger partial charge in [0, 0.05) is 55.3 Å². The van der Waals surface area contributed by atoms with Gasteiger partial charge >= 0.3 is 6.18 Å². The molecule has 9 nitrogen and oxygen atoms in total. The smallest absolute Gasteiger partial charge is 0.419 e. The maximum atomic E-state index is 14.0. The lowest BCUT2D eigenvalue weighted by Crippen LogP contribution is -2.49. The van der Waals surface area contributed by atoms with Crippen LogP contribution in [0, 0.1) is 0 Å². The molecule has 0 aliphatic carbocycles. The van der Waals surface area contributed by atoms with E-state index < -0.39 is 50.6 Å². The topological polar surface area (TPSA) is 113 Å². The summed E-state index contributed by atoms with van der Waals surface area (Å²) in [4.78, 5) is 14.0. The number of anilines is 1. The molecule has 0 spiro atoms. The second kappa shape index (κ2) is 13.0. The van der Waals surface area contributed by atoms with E-state index in [0.29, 0.717) is 24.1 Å². The number of hydrogen-bond donors (Lipinski definition) is 3. The van der Waals surface area contributed by atoms with Gasteiger partial charge in [0.05, 0.1) is 35.5 Å². The third-order valence-corrected chi connectivity index (χ3v) is 12.1. The van der Waals surface area contributed by atoms with Crippen molar-refractivity contribution in [3.05, 3.63) is 94.7 Å². The maximum absolute atomic E-state index is 14.0. The monoisotopic (exact) mass is 698 g/mol. The second-order valence-corrected chi connectivity index (χ2v) is 16.0. The SMILES string of the molecule is CCc1cn2c3c(cc(C(=O)N[C@@H](Cc4ccccc4)[C@H](O)CN[C@H]4CCOc5c4cccc5C(F)(F)F)cc13)N(C)S(=O)(=O)C(C)(C)C2. The third kappa shape index (κ3) is 6.51. The van der Waals surface area contributed by atoms with Gasteiger partial charge in [-0.25, -0.2) is 8.42 Å². The van der Waals surface area contributed by atoms with Crippen LogP contribution in [-0.4, -0.2) is 61.1 Å². The van der Waals surface area contributed by atoms with Gasteiger partial charge in [-0.3, -0.25) is 9.10 Å². The predicted molar refractivity (Wildman–Crippen MR) is 182 cm³/mol. The second-order valence-electron chi connectivity index (χ2n) is 13.4. The van der Waals surface area contributed by atoms with E-state index in [4.69, 9.17) is 4.74 Å². The Balaban J connectivity index is 1.29. The number of hydrogen-bond acceptors (Lipinski definition) is 6. The highest BCUT2D eigenvalue weighted by atomic mass is 32.2. The van der Waals surface area contributed by atoms with Gasteiger partial charge in [-0.1, -0.05) is 49.4 Å². The number of sulfonamides is 1. The number of carbonyl (C=O) groups excluding carboxylic acids is 1. The molecule has 1 amide bonds. The zero-order valence-electron chi connectivity index (χ0n) is 27.8. The summed E-state index contributed by atoms with van der Waals surface area (Å²) in [6.45, 7) is 5.68. The van der Waals surface area contributed by atoms with Gasteiger partial charge in [0.25, 0.3) is 5.91 Å². The van der Waals surface area contributed by atoms with Crippen LogP contribution in [0.25, 0.3) is 10.9 Å². The molecule has 3 N–H and O–H groups in total. The van der Waals surface area contributed by atoms with E-state index in [2.05, 4.69) is 10.6 Å². The Kier molecular flexibility index (Phi) is 9.22. The normalized spacial score (nSPS) is 19.4. The zero-order valence-corrected chi connectivity index (χ0v) is 28.7. The lowest BCUT2D eigenvalue weighted by Gasteiger charge is -2.31. The standard InChI is InChI=1S/C36H41F3N4O5S/c1-5-23-20-43-21-35(2,3)49(46,47)42(4)30-18-24(17-26(23)32(30)43)34(45)41-29(16-22-10-7-6-8-11-22)31(44)19-40-28-14-15-48-33-25(28)12-9-13-27(33)36(37,38)39/h6-13,17-18,20,28-29,31,40,44H,5,14-16,19,21H2,1-4H3,(H,41,45)/t28-,29-,31+/m0/s1. The number of alkyl halides is 3. The summed E-state index contributed by atoms with van der Waals surface area (Å²) in [5.74, 6) is -0.707. The molecule has 4 aromatic rings. The highest BCUT2D eigenvalue weighted by molar-refractivity contribution is 7.94. The Morgan fingerprint density at radius 3 is 2.55 bits per heavy atom. The minimum Gasteiger partial charge on any atom is -0.493 e. The van der Waals surface area contributed by atoms with Gasteiger partial charge in [0.1, 0.15) is 10.5 Å². The molecule has 49 heavy (non-hydrogen) atoms. The largest absolute Gasteiger partial charge is 0.493 e. The molecular formula is C36H41F3N4O5S. The van der Waals surface area contributed by atoms with Crippen LogP contribution in [0.2, 0.25) is 0 Å². The highest BCUT2D eigenvalue weighted by Gasteiger charge is 2.42. The molecule has 0 saturated heterocycles. The summed E-state index contributed by atoms with van der Waals surface area (Å²) in [5.41, 5.74) is 2.72. The number of nitrogens with one attached hydrogen (secondary N) is 2. The van der Waals surface area contributed by atoms with E-state index in [1.165, 1.54) is 17.4 Å². The Hall–Kier alpha value is -4.07. The van der Waals surface area contributed by atoms with Gasteiger partial charge in [-0.05, 0) is 56.0 Å². The molecule has 0 saturated carbocycles. The molecule has 13 heteroatoms. The molecule has 0 unspecified atom stereocenters. The number of para-hydroxylation sites is 1. The summed E-state index contributed by atoms with van der Waals surface area (Å²) in [5, 5.41) is 18.5. The Labute approximate surface area is 284 Å². The predicted octanol–water partition coefficient (Wildman–Crippen LogP) is 5.60. The maximum Gasteiger partial charge on any atom is 0.419 e. The fourth-order valence-corrected chi connectivity index (χ4v) is 8.37. The fraction of sp³-hybridized carbons (Fsp3) is 0.417. The Bertz CT molecular complexity index is 1980. The quantitative estimate of drug-likeness (QED) is 0.210.